The summed E-state index contributed by atoms with van der Waals surface area (Å²) in [5.74, 6) is 0. The summed E-state index contributed by atoms with van der Waals surface area (Å²) >= 11 is 0. The van der Waals surface area contributed by atoms with Crippen LogP contribution in [0.25, 0.3) is 0 Å². The van der Waals surface area contributed by atoms with Gasteiger partial charge in [-0.15, -0.1) is 0 Å². The standard InChI is InChI=1S/C9H14N2/c1-6-5-8(11)3-4-9(6)7(2)10/h3-5,7H,10-11H2,1-2H3/t7-/m0/s1. The van der Waals surface area contributed by atoms with Crippen molar-refractivity contribution in [2.75, 3.05) is 5.73 Å². The van der Waals surface area contributed by atoms with Gasteiger partial charge in [-0.1, -0.05) is 6.07 Å². The molecule has 1 atom stereocenters. The van der Waals surface area contributed by atoms with E-state index < -0.39 is 0 Å². The molecule has 0 amide bonds. The van der Waals surface area contributed by atoms with Crippen LogP contribution in [0.2, 0.25) is 0 Å². The van der Waals surface area contributed by atoms with Crippen molar-refractivity contribution in [2.45, 2.75) is 19.9 Å². The summed E-state index contributed by atoms with van der Waals surface area (Å²) in [5, 5.41) is 0. The quantitative estimate of drug-likeness (QED) is 0.597. The molecule has 0 radical (unpaired) electrons. The van der Waals surface area contributed by atoms with E-state index in [1.165, 1.54) is 11.1 Å². The molecular formula is C9H14N2. The highest BCUT2D eigenvalue weighted by atomic mass is 14.6. The van der Waals surface area contributed by atoms with Crippen LogP contribution in [-0.4, -0.2) is 0 Å². The zero-order chi connectivity index (χ0) is 8.43. The van der Waals surface area contributed by atoms with E-state index in [-0.39, 0.29) is 6.04 Å². The molecule has 0 saturated carbocycles. The summed E-state index contributed by atoms with van der Waals surface area (Å²) in [5.41, 5.74) is 14.4. The lowest BCUT2D eigenvalue weighted by molar-refractivity contribution is 0.810. The number of rotatable bonds is 1. The van der Waals surface area contributed by atoms with Crippen LogP contribution < -0.4 is 11.5 Å². The molecule has 2 heteroatoms. The zero-order valence-electron chi connectivity index (χ0n) is 6.96. The molecule has 0 saturated heterocycles. The highest BCUT2D eigenvalue weighted by Crippen LogP contribution is 2.17. The number of anilines is 1. The van der Waals surface area contributed by atoms with Crippen LogP contribution in [0, 0.1) is 6.92 Å². The van der Waals surface area contributed by atoms with Crippen LogP contribution in [0.5, 0.6) is 0 Å². The Bertz CT molecular complexity index is 254. The first-order valence-corrected chi connectivity index (χ1v) is 3.73. The molecule has 0 aliphatic rings. The van der Waals surface area contributed by atoms with Crippen LogP contribution in [0.4, 0.5) is 5.69 Å². The van der Waals surface area contributed by atoms with E-state index in [4.69, 9.17) is 11.5 Å². The third kappa shape index (κ3) is 1.71. The largest absolute Gasteiger partial charge is 0.399 e. The van der Waals surface area contributed by atoms with Gasteiger partial charge in [0.25, 0.3) is 0 Å². The minimum Gasteiger partial charge on any atom is -0.399 e. The maximum atomic E-state index is 5.72. The Morgan fingerprint density at radius 3 is 2.45 bits per heavy atom. The Hall–Kier alpha value is -1.02. The molecule has 1 rings (SSSR count). The second-order valence-corrected chi connectivity index (χ2v) is 2.90. The van der Waals surface area contributed by atoms with Crippen LogP contribution in [0.1, 0.15) is 24.1 Å². The molecule has 11 heavy (non-hydrogen) atoms. The van der Waals surface area contributed by atoms with E-state index in [2.05, 4.69) is 0 Å². The number of hydrogen-bond acceptors (Lipinski definition) is 2. The predicted molar refractivity (Wildman–Crippen MR) is 48.2 cm³/mol. The Morgan fingerprint density at radius 1 is 1.36 bits per heavy atom. The molecule has 0 aromatic heterocycles. The van der Waals surface area contributed by atoms with Crippen molar-refractivity contribution in [3.63, 3.8) is 0 Å². The lowest BCUT2D eigenvalue weighted by atomic mass is 10.0. The van der Waals surface area contributed by atoms with Crippen molar-refractivity contribution in [1.82, 2.24) is 0 Å². The average molecular weight is 150 g/mol. The highest BCUT2D eigenvalue weighted by molar-refractivity contribution is 5.44. The second-order valence-electron chi connectivity index (χ2n) is 2.90. The molecule has 0 aliphatic carbocycles. The lowest BCUT2D eigenvalue weighted by Crippen LogP contribution is -2.06. The molecule has 4 N–H and O–H groups in total. The van der Waals surface area contributed by atoms with Gasteiger partial charge in [-0.25, -0.2) is 0 Å². The van der Waals surface area contributed by atoms with Crippen LogP contribution >= 0.6 is 0 Å². The summed E-state index contributed by atoms with van der Waals surface area (Å²) in [4.78, 5) is 0. The van der Waals surface area contributed by atoms with Crippen molar-refractivity contribution in [2.24, 2.45) is 5.73 Å². The summed E-state index contributed by atoms with van der Waals surface area (Å²) in [7, 11) is 0. The predicted octanol–water partition coefficient (Wildman–Crippen LogP) is 1.60. The fourth-order valence-corrected chi connectivity index (χ4v) is 1.21. The normalized spacial score (nSPS) is 13.0. The molecule has 1 aromatic rings. The van der Waals surface area contributed by atoms with Crippen molar-refractivity contribution in [3.05, 3.63) is 29.3 Å². The van der Waals surface area contributed by atoms with Gasteiger partial charge in [0.05, 0.1) is 0 Å². The van der Waals surface area contributed by atoms with Gasteiger partial charge in [0.2, 0.25) is 0 Å². The van der Waals surface area contributed by atoms with Crippen LogP contribution in [-0.2, 0) is 0 Å². The molecule has 0 aliphatic heterocycles. The minimum atomic E-state index is 0.0931. The van der Waals surface area contributed by atoms with Gasteiger partial charge in [-0.2, -0.15) is 0 Å². The molecule has 0 unspecified atom stereocenters. The lowest BCUT2D eigenvalue weighted by Gasteiger charge is -2.09. The number of nitrogens with two attached hydrogens (primary N) is 2. The number of nitrogen functional groups attached to an aromatic ring is 1. The Balaban J connectivity index is 3.09. The van der Waals surface area contributed by atoms with Gasteiger partial charge in [-0.3, -0.25) is 0 Å². The summed E-state index contributed by atoms with van der Waals surface area (Å²) in [6.07, 6.45) is 0. The third-order valence-corrected chi connectivity index (χ3v) is 1.78. The maximum absolute atomic E-state index is 5.72. The van der Waals surface area contributed by atoms with Gasteiger partial charge in [0, 0.05) is 11.7 Å². The first kappa shape index (κ1) is 8.08. The van der Waals surface area contributed by atoms with Gasteiger partial charge >= 0.3 is 0 Å². The Kier molecular flexibility index (Phi) is 2.15. The summed E-state index contributed by atoms with van der Waals surface area (Å²) in [6, 6.07) is 5.90. The monoisotopic (exact) mass is 150 g/mol. The van der Waals surface area contributed by atoms with E-state index in [1.54, 1.807) is 0 Å². The molecular weight excluding hydrogens is 136 g/mol. The van der Waals surface area contributed by atoms with Crippen molar-refractivity contribution >= 4 is 5.69 Å². The first-order valence-electron chi connectivity index (χ1n) is 3.73. The molecule has 2 nitrogen and oxygen atoms in total. The van der Waals surface area contributed by atoms with E-state index >= 15 is 0 Å². The van der Waals surface area contributed by atoms with Crippen molar-refractivity contribution < 1.29 is 0 Å². The number of aryl methyl sites for hydroxylation is 1. The van der Waals surface area contributed by atoms with E-state index in [0.29, 0.717) is 0 Å². The van der Waals surface area contributed by atoms with E-state index in [9.17, 15) is 0 Å². The smallest absolute Gasteiger partial charge is 0.0316 e. The minimum absolute atomic E-state index is 0.0931. The highest BCUT2D eigenvalue weighted by Gasteiger charge is 2.01. The number of benzene rings is 1. The summed E-state index contributed by atoms with van der Waals surface area (Å²) < 4.78 is 0. The average Bonchev–Trinajstić information content (AvgIpc) is 1.85. The molecule has 0 fully saturated rings. The fourth-order valence-electron chi connectivity index (χ4n) is 1.21. The topological polar surface area (TPSA) is 52.0 Å². The van der Waals surface area contributed by atoms with Gasteiger partial charge < -0.3 is 11.5 Å². The molecule has 0 heterocycles. The van der Waals surface area contributed by atoms with Crippen molar-refractivity contribution in [3.8, 4) is 0 Å². The molecule has 0 spiro atoms. The zero-order valence-corrected chi connectivity index (χ0v) is 6.96. The summed E-state index contributed by atoms with van der Waals surface area (Å²) in [6.45, 7) is 3.99. The molecule has 1 aromatic carbocycles. The number of hydrogen-bond donors (Lipinski definition) is 2. The SMILES string of the molecule is Cc1cc(N)ccc1[C@H](C)N. The first-order chi connectivity index (χ1) is 5.11. The van der Waals surface area contributed by atoms with E-state index in [0.717, 1.165) is 5.69 Å². The van der Waals surface area contributed by atoms with Crippen LogP contribution in [0.15, 0.2) is 18.2 Å². The fraction of sp³-hybridized carbons (Fsp3) is 0.333. The van der Waals surface area contributed by atoms with E-state index in [1.807, 2.05) is 32.0 Å². The Morgan fingerprint density at radius 2 is 2.00 bits per heavy atom. The Labute approximate surface area is 67.2 Å². The van der Waals surface area contributed by atoms with Gasteiger partial charge in [0.1, 0.15) is 0 Å². The molecule has 60 valence electrons. The maximum Gasteiger partial charge on any atom is 0.0316 e. The van der Waals surface area contributed by atoms with Crippen LogP contribution in [0.3, 0.4) is 0 Å². The van der Waals surface area contributed by atoms with Gasteiger partial charge in [-0.05, 0) is 37.1 Å². The third-order valence-electron chi connectivity index (χ3n) is 1.78. The molecule has 0 bridgehead atoms. The second kappa shape index (κ2) is 2.93. The van der Waals surface area contributed by atoms with Crippen molar-refractivity contribution in [1.29, 1.82) is 0 Å². The van der Waals surface area contributed by atoms with Gasteiger partial charge in [0.15, 0.2) is 0 Å².